The fourth-order valence-electron chi connectivity index (χ4n) is 4.81. The zero-order valence-corrected chi connectivity index (χ0v) is 23.0. The minimum absolute atomic E-state index is 0.163. The number of morpholine rings is 1. The van der Waals surface area contributed by atoms with Crippen molar-refractivity contribution >= 4 is 17.4 Å². The molecule has 1 saturated heterocycles. The molecule has 2 atom stereocenters. The Labute approximate surface area is 226 Å². The van der Waals surface area contributed by atoms with Crippen molar-refractivity contribution in [2.24, 2.45) is 0 Å². The molecule has 1 aromatic carbocycles. The minimum atomic E-state index is 0.163. The molecular formula is C29H40ClN5O2. The Bertz CT molecular complexity index is 1050. The third-order valence-electron chi connectivity index (χ3n) is 6.84. The lowest BCUT2D eigenvalue weighted by molar-refractivity contribution is 0.0322. The van der Waals surface area contributed by atoms with Gasteiger partial charge >= 0.3 is 0 Å². The molecule has 5 rings (SSSR count). The molecule has 0 bridgehead atoms. The number of nitrogens with zero attached hydrogens (tertiary/aromatic N) is 3. The maximum absolute atomic E-state index is 6.05. The maximum atomic E-state index is 6.05. The van der Waals surface area contributed by atoms with E-state index in [1.54, 1.807) is 0 Å². The summed E-state index contributed by atoms with van der Waals surface area (Å²) in [6.07, 6.45) is 9.68. The third-order valence-corrected chi connectivity index (χ3v) is 7.09. The summed E-state index contributed by atoms with van der Waals surface area (Å²) in [4.78, 5) is 9.23. The van der Waals surface area contributed by atoms with Crippen molar-refractivity contribution in [3.05, 3.63) is 76.6 Å². The summed E-state index contributed by atoms with van der Waals surface area (Å²) < 4.78 is 11.5. The zero-order chi connectivity index (χ0) is 26.0. The maximum Gasteiger partial charge on any atom is 0.138 e. The van der Waals surface area contributed by atoms with E-state index in [0.29, 0.717) is 12.5 Å². The number of fused-ring (bicyclic) bond motifs is 1. The molecule has 3 aliphatic rings. The number of nitrogens with one attached hydrogen (secondary N) is 2. The summed E-state index contributed by atoms with van der Waals surface area (Å²) in [6, 6.07) is 10.1. The van der Waals surface area contributed by atoms with Crippen LogP contribution in [0.4, 0.5) is 5.82 Å². The van der Waals surface area contributed by atoms with Crippen LogP contribution in [0.1, 0.15) is 37.3 Å². The number of ether oxygens (including phenoxy) is 2. The van der Waals surface area contributed by atoms with Crippen LogP contribution in [0, 0.1) is 0 Å². The standard InChI is InChI=1S/C27H34ClN5O2.C2H6/c1-32-19-21(4-7-26(32)29-16-20-2-5-23(28)6-3-20)14-22-17-30-27-25(22)15-24(18-31-27)35-13-10-33-8-11-34-12-9-33;1-2/h2-7,15,18-19,22,26,29H,8-14,16-17H2,1H3,(H,30,31);1-2H3. The van der Waals surface area contributed by atoms with E-state index in [4.69, 9.17) is 21.1 Å². The fraction of sp³-hybridized carbons (Fsp3) is 0.483. The predicted molar refractivity (Wildman–Crippen MR) is 151 cm³/mol. The number of benzene rings is 1. The Kier molecular flexibility index (Phi) is 10.3. The van der Waals surface area contributed by atoms with Gasteiger partial charge in [0.15, 0.2) is 0 Å². The van der Waals surface area contributed by atoms with Crippen LogP contribution in [0.2, 0.25) is 5.02 Å². The van der Waals surface area contributed by atoms with E-state index in [0.717, 1.165) is 68.9 Å². The molecule has 200 valence electrons. The van der Waals surface area contributed by atoms with Gasteiger partial charge in [-0.2, -0.15) is 0 Å². The van der Waals surface area contributed by atoms with Gasteiger partial charge < -0.3 is 19.7 Å². The quantitative estimate of drug-likeness (QED) is 0.484. The number of hydrogen-bond donors (Lipinski definition) is 2. The van der Waals surface area contributed by atoms with Crippen LogP contribution in [0.5, 0.6) is 5.75 Å². The lowest BCUT2D eigenvalue weighted by atomic mass is 9.93. The van der Waals surface area contributed by atoms with E-state index in [1.807, 2.05) is 32.2 Å². The number of hydrogen-bond acceptors (Lipinski definition) is 7. The first-order chi connectivity index (χ1) is 18.1. The van der Waals surface area contributed by atoms with Gasteiger partial charge in [-0.25, -0.2) is 4.98 Å². The third kappa shape index (κ3) is 7.71. The number of aromatic nitrogens is 1. The second kappa shape index (κ2) is 13.8. The van der Waals surface area contributed by atoms with Gasteiger partial charge in [-0.3, -0.25) is 10.2 Å². The number of rotatable bonds is 9. The van der Waals surface area contributed by atoms with Crippen LogP contribution in [-0.2, 0) is 11.3 Å². The normalized spacial score (nSPS) is 21.0. The van der Waals surface area contributed by atoms with Gasteiger partial charge in [-0.15, -0.1) is 0 Å². The fourth-order valence-corrected chi connectivity index (χ4v) is 4.93. The SMILES string of the molecule is CC.CN1C=C(CC2CNc3ncc(OCCN4CCOCC4)cc32)C=CC1NCc1ccc(Cl)cc1. The van der Waals surface area contributed by atoms with Gasteiger partial charge in [-0.05, 0) is 41.8 Å². The lowest BCUT2D eigenvalue weighted by Crippen LogP contribution is -2.40. The molecule has 1 aromatic heterocycles. The van der Waals surface area contributed by atoms with Gasteiger partial charge in [0.2, 0.25) is 0 Å². The number of likely N-dealkylation sites (N-methyl/N-ethyl adjacent to an activating group) is 1. The number of allylic oxidation sites excluding steroid dienone is 2. The second-order valence-corrected chi connectivity index (χ2v) is 9.81. The molecule has 1 fully saturated rings. The molecule has 0 saturated carbocycles. The van der Waals surface area contributed by atoms with Crippen molar-refractivity contribution in [3.63, 3.8) is 0 Å². The summed E-state index contributed by atoms with van der Waals surface area (Å²) in [5, 5.41) is 7.82. The minimum Gasteiger partial charge on any atom is -0.491 e. The van der Waals surface area contributed by atoms with Crippen molar-refractivity contribution in [1.82, 2.24) is 20.1 Å². The molecule has 3 aliphatic heterocycles. The van der Waals surface area contributed by atoms with Crippen molar-refractivity contribution in [1.29, 1.82) is 0 Å². The van der Waals surface area contributed by atoms with E-state index in [1.165, 1.54) is 16.7 Å². The van der Waals surface area contributed by atoms with Crippen LogP contribution in [0.25, 0.3) is 0 Å². The molecule has 2 N–H and O–H groups in total. The van der Waals surface area contributed by atoms with Crippen molar-refractivity contribution in [3.8, 4) is 5.75 Å². The molecule has 0 radical (unpaired) electrons. The topological polar surface area (TPSA) is 61.9 Å². The van der Waals surface area contributed by atoms with Crippen LogP contribution in [0.15, 0.2) is 60.5 Å². The van der Waals surface area contributed by atoms with E-state index in [-0.39, 0.29) is 6.17 Å². The van der Waals surface area contributed by atoms with Gasteiger partial charge in [0.25, 0.3) is 0 Å². The summed E-state index contributed by atoms with van der Waals surface area (Å²) in [7, 11) is 2.12. The van der Waals surface area contributed by atoms with E-state index < -0.39 is 0 Å². The van der Waals surface area contributed by atoms with Gasteiger partial charge in [0, 0.05) is 62.5 Å². The molecule has 2 unspecified atom stereocenters. The van der Waals surface area contributed by atoms with Crippen molar-refractivity contribution in [2.45, 2.75) is 38.9 Å². The Morgan fingerprint density at radius 1 is 1.19 bits per heavy atom. The molecule has 37 heavy (non-hydrogen) atoms. The van der Waals surface area contributed by atoms with Crippen LogP contribution in [0.3, 0.4) is 0 Å². The number of anilines is 1. The highest BCUT2D eigenvalue weighted by Gasteiger charge is 2.26. The Hall–Kier alpha value is -2.58. The summed E-state index contributed by atoms with van der Waals surface area (Å²) in [5.41, 5.74) is 3.78. The van der Waals surface area contributed by atoms with Crippen LogP contribution in [-0.4, -0.2) is 74.0 Å². The molecule has 8 heteroatoms. The Balaban J connectivity index is 0.00000156. The predicted octanol–water partition coefficient (Wildman–Crippen LogP) is 4.87. The molecule has 2 aromatic rings. The average molecular weight is 526 g/mol. The molecular weight excluding hydrogens is 486 g/mol. The van der Waals surface area contributed by atoms with E-state index >= 15 is 0 Å². The van der Waals surface area contributed by atoms with E-state index in [9.17, 15) is 0 Å². The van der Waals surface area contributed by atoms with Crippen molar-refractivity contribution < 1.29 is 9.47 Å². The number of halogens is 1. The molecule has 7 nitrogen and oxygen atoms in total. The lowest BCUT2D eigenvalue weighted by Gasteiger charge is -2.30. The molecule has 4 heterocycles. The van der Waals surface area contributed by atoms with Crippen molar-refractivity contribution in [2.75, 3.05) is 58.4 Å². The molecule has 0 amide bonds. The Morgan fingerprint density at radius 2 is 1.97 bits per heavy atom. The second-order valence-electron chi connectivity index (χ2n) is 9.37. The molecule has 0 aliphatic carbocycles. The summed E-state index contributed by atoms with van der Waals surface area (Å²) >= 11 is 5.99. The Morgan fingerprint density at radius 3 is 2.73 bits per heavy atom. The first kappa shape index (κ1) is 27.5. The highest BCUT2D eigenvalue weighted by atomic mass is 35.5. The zero-order valence-electron chi connectivity index (χ0n) is 22.3. The summed E-state index contributed by atoms with van der Waals surface area (Å²) in [5.74, 6) is 2.21. The number of pyridine rings is 1. The van der Waals surface area contributed by atoms with Gasteiger partial charge in [-0.1, -0.05) is 43.7 Å². The van der Waals surface area contributed by atoms with E-state index in [2.05, 4.69) is 69.0 Å². The summed E-state index contributed by atoms with van der Waals surface area (Å²) in [6.45, 7) is 10.9. The average Bonchev–Trinajstić information content (AvgIpc) is 3.33. The first-order valence-electron chi connectivity index (χ1n) is 13.4. The van der Waals surface area contributed by atoms with Crippen LogP contribution < -0.4 is 15.4 Å². The van der Waals surface area contributed by atoms with Gasteiger partial charge in [0.05, 0.1) is 25.6 Å². The largest absolute Gasteiger partial charge is 0.491 e. The monoisotopic (exact) mass is 525 g/mol. The highest BCUT2D eigenvalue weighted by Crippen LogP contribution is 2.37. The highest BCUT2D eigenvalue weighted by molar-refractivity contribution is 6.30. The van der Waals surface area contributed by atoms with Crippen LogP contribution >= 0.6 is 11.6 Å². The smallest absolute Gasteiger partial charge is 0.138 e. The first-order valence-corrected chi connectivity index (χ1v) is 13.8. The van der Waals surface area contributed by atoms with Gasteiger partial charge in [0.1, 0.15) is 18.2 Å². The molecule has 0 spiro atoms.